The van der Waals surface area contributed by atoms with Gasteiger partial charge in [-0.05, 0) is 61.9 Å². The summed E-state index contributed by atoms with van der Waals surface area (Å²) >= 11 is 5.99. The molecule has 5 amide bonds. The van der Waals surface area contributed by atoms with Crippen LogP contribution in [0.1, 0.15) is 27.3 Å². The maximum Gasteiger partial charge on any atom is 0.335 e. The first-order valence-electron chi connectivity index (χ1n) is 9.98. The molecule has 4 rings (SSSR count). The van der Waals surface area contributed by atoms with Crippen LogP contribution >= 0.6 is 11.6 Å². The number of halogens is 1. The Balaban J connectivity index is 1.67. The van der Waals surface area contributed by atoms with Crippen LogP contribution in [0.3, 0.4) is 0 Å². The van der Waals surface area contributed by atoms with E-state index < -0.39 is 17.8 Å². The summed E-state index contributed by atoms with van der Waals surface area (Å²) in [4.78, 5) is 51.3. The molecule has 0 aliphatic carbocycles. The van der Waals surface area contributed by atoms with Crippen LogP contribution in [0.25, 0.3) is 6.08 Å². The number of rotatable bonds is 4. The Hall–Kier alpha value is -4.17. The Morgan fingerprint density at radius 1 is 1.00 bits per heavy atom. The number of anilines is 1. The molecule has 2 aromatic carbocycles. The number of nitrogens with zero attached hydrogens (tertiary/aromatic N) is 2. The molecule has 1 aromatic heterocycles. The maximum atomic E-state index is 13.1. The van der Waals surface area contributed by atoms with E-state index in [1.807, 2.05) is 6.07 Å². The lowest BCUT2D eigenvalue weighted by Crippen LogP contribution is -2.54. The van der Waals surface area contributed by atoms with Gasteiger partial charge in [0.25, 0.3) is 17.7 Å². The second-order valence-electron chi connectivity index (χ2n) is 7.41. The molecule has 1 aliphatic heterocycles. The molecule has 0 spiro atoms. The minimum atomic E-state index is -0.856. The zero-order chi connectivity index (χ0) is 23.7. The molecule has 3 aromatic rings. The van der Waals surface area contributed by atoms with Crippen molar-refractivity contribution in [1.82, 2.24) is 9.99 Å². The van der Waals surface area contributed by atoms with E-state index >= 15 is 0 Å². The van der Waals surface area contributed by atoms with Gasteiger partial charge in [-0.3, -0.25) is 29.8 Å². The molecule has 0 radical (unpaired) electrons. The van der Waals surface area contributed by atoms with Crippen LogP contribution < -0.4 is 15.6 Å². The standard InChI is InChI=1S/C24H19ClN4O4/c1-14-11-17(15(2)29(14)27-21(30)16-7-4-3-5-8-16)12-20-22(31)26-24(33)28(23(20)32)19-10-6-9-18(25)13-19/h3-13H,1-2H3,(H,27,30)(H,26,31,33)/b20-12+. The van der Waals surface area contributed by atoms with Crippen molar-refractivity contribution in [3.05, 3.63) is 93.8 Å². The second kappa shape index (κ2) is 8.76. The van der Waals surface area contributed by atoms with Crippen LogP contribution in [-0.4, -0.2) is 28.4 Å². The van der Waals surface area contributed by atoms with Gasteiger partial charge in [0, 0.05) is 22.0 Å². The predicted molar refractivity (Wildman–Crippen MR) is 124 cm³/mol. The van der Waals surface area contributed by atoms with Gasteiger partial charge < -0.3 is 0 Å². The Kier molecular flexibility index (Phi) is 5.85. The van der Waals surface area contributed by atoms with Gasteiger partial charge in [0.15, 0.2) is 0 Å². The van der Waals surface area contributed by atoms with Crippen molar-refractivity contribution in [3.8, 4) is 0 Å². The third kappa shape index (κ3) is 4.28. The monoisotopic (exact) mass is 462 g/mol. The molecule has 0 saturated carbocycles. The lowest BCUT2D eigenvalue weighted by atomic mass is 10.1. The zero-order valence-corrected chi connectivity index (χ0v) is 18.5. The highest BCUT2D eigenvalue weighted by Gasteiger charge is 2.37. The van der Waals surface area contributed by atoms with Gasteiger partial charge >= 0.3 is 6.03 Å². The normalized spacial score (nSPS) is 15.1. The molecular formula is C24H19ClN4O4. The van der Waals surface area contributed by atoms with Crippen LogP contribution in [0.2, 0.25) is 5.02 Å². The maximum absolute atomic E-state index is 13.1. The van der Waals surface area contributed by atoms with Crippen LogP contribution in [-0.2, 0) is 9.59 Å². The first-order chi connectivity index (χ1) is 15.8. The Labute approximate surface area is 194 Å². The first-order valence-corrected chi connectivity index (χ1v) is 10.4. The molecule has 0 atom stereocenters. The number of imide groups is 2. The van der Waals surface area contributed by atoms with Gasteiger partial charge in [-0.15, -0.1) is 0 Å². The quantitative estimate of drug-likeness (QED) is 0.454. The number of carbonyl (C=O) groups excluding carboxylic acids is 4. The van der Waals surface area contributed by atoms with Crippen molar-refractivity contribution < 1.29 is 19.2 Å². The molecule has 1 fully saturated rings. The molecule has 1 saturated heterocycles. The number of nitrogens with one attached hydrogen (secondary N) is 2. The molecular weight excluding hydrogens is 444 g/mol. The summed E-state index contributed by atoms with van der Waals surface area (Å²) in [7, 11) is 0. The summed E-state index contributed by atoms with van der Waals surface area (Å²) in [6.07, 6.45) is 1.40. The predicted octanol–water partition coefficient (Wildman–Crippen LogP) is 3.81. The molecule has 2 N–H and O–H groups in total. The number of barbiturate groups is 1. The largest absolute Gasteiger partial charge is 0.335 e. The van der Waals surface area contributed by atoms with E-state index in [4.69, 9.17) is 11.6 Å². The number of amides is 5. The van der Waals surface area contributed by atoms with Crippen LogP contribution in [0, 0.1) is 13.8 Å². The third-order valence-electron chi connectivity index (χ3n) is 5.19. The Bertz CT molecular complexity index is 1330. The van der Waals surface area contributed by atoms with E-state index in [-0.39, 0.29) is 17.2 Å². The number of aromatic nitrogens is 1. The molecule has 0 unspecified atom stereocenters. The fourth-order valence-corrected chi connectivity index (χ4v) is 3.71. The number of aryl methyl sites for hydroxylation is 1. The minimum absolute atomic E-state index is 0.218. The number of hydrogen-bond donors (Lipinski definition) is 2. The fraction of sp³-hybridized carbons (Fsp3) is 0.0833. The van der Waals surface area contributed by atoms with Crippen molar-refractivity contribution in [2.45, 2.75) is 13.8 Å². The van der Waals surface area contributed by atoms with Crippen LogP contribution in [0.15, 0.2) is 66.2 Å². The van der Waals surface area contributed by atoms with Gasteiger partial charge in [-0.1, -0.05) is 35.9 Å². The Morgan fingerprint density at radius 3 is 2.42 bits per heavy atom. The molecule has 0 bridgehead atoms. The number of benzene rings is 2. The Morgan fingerprint density at radius 2 is 1.73 bits per heavy atom. The van der Waals surface area contributed by atoms with Gasteiger partial charge in [0.2, 0.25) is 0 Å². The van der Waals surface area contributed by atoms with Crippen LogP contribution in [0.4, 0.5) is 10.5 Å². The van der Waals surface area contributed by atoms with Gasteiger partial charge in [0.1, 0.15) is 5.57 Å². The van der Waals surface area contributed by atoms with E-state index in [9.17, 15) is 19.2 Å². The SMILES string of the molecule is Cc1cc(/C=C2\C(=O)NC(=O)N(c3cccc(Cl)c3)C2=O)c(C)n1NC(=O)c1ccccc1. The molecule has 2 heterocycles. The summed E-state index contributed by atoms with van der Waals surface area (Å²) in [5.74, 6) is -1.88. The third-order valence-corrected chi connectivity index (χ3v) is 5.42. The summed E-state index contributed by atoms with van der Waals surface area (Å²) in [5, 5.41) is 2.52. The highest BCUT2D eigenvalue weighted by Crippen LogP contribution is 2.25. The summed E-state index contributed by atoms with van der Waals surface area (Å²) in [5.41, 5.74) is 5.16. The highest BCUT2D eigenvalue weighted by atomic mass is 35.5. The molecule has 1 aliphatic rings. The average Bonchev–Trinajstić information content (AvgIpc) is 3.04. The van der Waals surface area contributed by atoms with Crippen molar-refractivity contribution in [1.29, 1.82) is 0 Å². The lowest BCUT2D eigenvalue weighted by Gasteiger charge is -2.26. The van der Waals surface area contributed by atoms with Crippen LogP contribution in [0.5, 0.6) is 0 Å². The van der Waals surface area contributed by atoms with E-state index in [1.165, 1.54) is 12.1 Å². The summed E-state index contributed by atoms with van der Waals surface area (Å²) in [6, 6.07) is 15.8. The fourth-order valence-electron chi connectivity index (χ4n) is 3.52. The highest BCUT2D eigenvalue weighted by molar-refractivity contribution is 6.39. The first kappa shape index (κ1) is 22.0. The molecule has 9 heteroatoms. The summed E-state index contributed by atoms with van der Waals surface area (Å²) < 4.78 is 1.58. The zero-order valence-electron chi connectivity index (χ0n) is 17.8. The van der Waals surface area contributed by atoms with Gasteiger partial charge in [-0.2, -0.15) is 0 Å². The molecule has 166 valence electrons. The minimum Gasteiger partial charge on any atom is -0.273 e. The van der Waals surface area contributed by atoms with E-state index in [2.05, 4.69) is 10.7 Å². The molecule has 33 heavy (non-hydrogen) atoms. The van der Waals surface area contributed by atoms with E-state index in [0.29, 0.717) is 27.5 Å². The van der Waals surface area contributed by atoms with Gasteiger partial charge in [-0.25, -0.2) is 9.69 Å². The van der Waals surface area contributed by atoms with Crippen molar-refractivity contribution >= 4 is 47.1 Å². The molecule has 8 nitrogen and oxygen atoms in total. The number of hydrogen-bond acceptors (Lipinski definition) is 4. The van der Waals surface area contributed by atoms with Crippen molar-refractivity contribution in [3.63, 3.8) is 0 Å². The van der Waals surface area contributed by atoms with Crippen molar-refractivity contribution in [2.75, 3.05) is 10.3 Å². The summed E-state index contributed by atoms with van der Waals surface area (Å²) in [6.45, 7) is 3.53. The van der Waals surface area contributed by atoms with E-state index in [1.54, 1.807) is 67.1 Å². The van der Waals surface area contributed by atoms with Crippen molar-refractivity contribution in [2.24, 2.45) is 0 Å². The van der Waals surface area contributed by atoms with Gasteiger partial charge in [0.05, 0.1) is 5.69 Å². The lowest BCUT2D eigenvalue weighted by molar-refractivity contribution is -0.122. The second-order valence-corrected chi connectivity index (χ2v) is 7.84. The number of carbonyl (C=O) groups is 4. The smallest absolute Gasteiger partial charge is 0.273 e. The topological polar surface area (TPSA) is 101 Å². The average molecular weight is 463 g/mol. The number of urea groups is 1. The van der Waals surface area contributed by atoms with E-state index in [0.717, 1.165) is 4.90 Å².